The van der Waals surface area contributed by atoms with Crippen LogP contribution in [0.4, 0.5) is 0 Å². The third-order valence-electron chi connectivity index (χ3n) is 2.68. The minimum Gasteiger partial charge on any atom is -1.00 e. The Morgan fingerprint density at radius 3 is 2.50 bits per heavy atom. The Balaban J connectivity index is 0.00000200. The molecule has 20 heavy (non-hydrogen) atoms. The summed E-state index contributed by atoms with van der Waals surface area (Å²) >= 11 is 0. The number of carbonyl (C=O) groups is 2. The van der Waals surface area contributed by atoms with Gasteiger partial charge in [0.1, 0.15) is 5.56 Å². The van der Waals surface area contributed by atoms with Crippen LogP contribution < -0.4 is 15.0 Å². The molecule has 0 unspecified atom stereocenters. The van der Waals surface area contributed by atoms with E-state index in [1.807, 2.05) is 6.07 Å². The Morgan fingerprint density at radius 2 is 1.85 bits per heavy atom. The van der Waals surface area contributed by atoms with E-state index in [1.54, 1.807) is 41.2 Å². The molecule has 1 heterocycles. The highest BCUT2D eigenvalue weighted by Gasteiger charge is 2.09. The second-order valence-electron chi connectivity index (χ2n) is 4.13. The number of primary amides is 1. The lowest BCUT2D eigenvalue weighted by Gasteiger charge is -2.00. The van der Waals surface area contributed by atoms with Crippen LogP contribution in [0.15, 0.2) is 48.8 Å². The summed E-state index contributed by atoms with van der Waals surface area (Å²) in [4.78, 5) is 22.0. The number of carboxylic acids is 1. The highest BCUT2D eigenvalue weighted by Crippen LogP contribution is 2.05. The summed E-state index contributed by atoms with van der Waals surface area (Å²) in [6, 6.07) is 10.0. The Kier molecular flexibility index (Phi) is 4.91. The number of nitrogens with two attached hydrogens (primary N) is 1. The van der Waals surface area contributed by atoms with Gasteiger partial charge in [-0.3, -0.25) is 4.79 Å². The van der Waals surface area contributed by atoms with Crippen molar-refractivity contribution in [3.63, 3.8) is 0 Å². The van der Waals surface area contributed by atoms with Crippen LogP contribution in [-0.2, 0) is 6.54 Å². The van der Waals surface area contributed by atoms with Crippen molar-refractivity contribution >= 4 is 11.9 Å². The monoisotopic (exact) mass is 276 g/mol. The standard InChI is InChI=1S/C14H12N2O3.FH/c15-13(17)12-5-2-6-16(9-12)8-10-3-1-4-11(7-10)14(18)19;/h1-7,9H,8H2,(H2-,15,17,18,19);1H. The van der Waals surface area contributed by atoms with Crippen molar-refractivity contribution in [1.82, 2.24) is 0 Å². The zero-order valence-corrected chi connectivity index (χ0v) is 10.5. The molecule has 0 saturated heterocycles. The number of benzene rings is 1. The van der Waals surface area contributed by atoms with Crippen molar-refractivity contribution in [3.05, 3.63) is 65.5 Å². The highest BCUT2D eigenvalue weighted by atomic mass is 19.0. The molecule has 2 aromatic rings. The molecule has 0 radical (unpaired) electrons. The normalized spacial score (nSPS) is 9.60. The van der Waals surface area contributed by atoms with E-state index >= 15 is 0 Å². The molecule has 0 aliphatic rings. The Hall–Kier alpha value is -2.76. The van der Waals surface area contributed by atoms with Crippen LogP contribution in [-0.4, -0.2) is 17.0 Å². The molecule has 1 amide bonds. The van der Waals surface area contributed by atoms with E-state index in [9.17, 15) is 9.59 Å². The fourth-order valence-electron chi connectivity index (χ4n) is 1.78. The van der Waals surface area contributed by atoms with Crippen LogP contribution in [0.25, 0.3) is 0 Å². The van der Waals surface area contributed by atoms with E-state index in [4.69, 9.17) is 10.8 Å². The van der Waals surface area contributed by atoms with Crippen LogP contribution in [0.2, 0.25) is 0 Å². The van der Waals surface area contributed by atoms with Crippen LogP contribution >= 0.6 is 0 Å². The SMILES string of the molecule is NC(=O)c1ccc[n+](Cc2cccc(C(=O)O)c2)c1.[F-]. The van der Waals surface area contributed by atoms with Gasteiger partial charge in [0.05, 0.1) is 5.56 Å². The van der Waals surface area contributed by atoms with E-state index in [0.717, 1.165) is 5.56 Å². The molecule has 3 N–H and O–H groups in total. The first kappa shape index (κ1) is 15.3. The number of aromatic carboxylic acids is 1. The van der Waals surface area contributed by atoms with Crippen molar-refractivity contribution in [2.45, 2.75) is 6.54 Å². The van der Waals surface area contributed by atoms with Crippen molar-refractivity contribution in [2.75, 3.05) is 0 Å². The molecule has 0 fully saturated rings. The largest absolute Gasteiger partial charge is 1.00 e. The first-order valence-electron chi connectivity index (χ1n) is 5.67. The first-order valence-corrected chi connectivity index (χ1v) is 5.67. The van der Waals surface area contributed by atoms with Gasteiger partial charge in [-0.2, -0.15) is 4.57 Å². The molecule has 6 heteroatoms. The number of amides is 1. The highest BCUT2D eigenvalue weighted by molar-refractivity contribution is 5.92. The molecule has 1 aromatic heterocycles. The number of pyridine rings is 1. The average molecular weight is 276 g/mol. The number of nitrogens with zero attached hydrogens (tertiary/aromatic N) is 1. The zero-order valence-electron chi connectivity index (χ0n) is 10.5. The fourth-order valence-corrected chi connectivity index (χ4v) is 1.78. The molecule has 1 aromatic carbocycles. The predicted octanol–water partition coefficient (Wildman–Crippen LogP) is -2.18. The van der Waals surface area contributed by atoms with Gasteiger partial charge in [-0.25, -0.2) is 4.79 Å². The number of halogens is 1. The topological polar surface area (TPSA) is 84.3 Å². The van der Waals surface area contributed by atoms with Gasteiger partial charge < -0.3 is 15.5 Å². The second kappa shape index (κ2) is 6.42. The molecule has 0 saturated carbocycles. The molecular formula is C14H13FN2O3. The van der Waals surface area contributed by atoms with Crippen molar-refractivity contribution < 1.29 is 24.0 Å². The molecule has 104 valence electrons. The van der Waals surface area contributed by atoms with E-state index < -0.39 is 11.9 Å². The molecule has 0 bridgehead atoms. The van der Waals surface area contributed by atoms with Gasteiger partial charge in [-0.15, -0.1) is 0 Å². The second-order valence-corrected chi connectivity index (χ2v) is 4.13. The van der Waals surface area contributed by atoms with E-state index in [0.29, 0.717) is 12.1 Å². The Bertz CT molecular complexity index is 588. The van der Waals surface area contributed by atoms with Gasteiger partial charge >= 0.3 is 5.97 Å². The predicted molar refractivity (Wildman–Crippen MR) is 67.7 cm³/mol. The number of rotatable bonds is 4. The molecule has 5 nitrogen and oxygen atoms in total. The third-order valence-corrected chi connectivity index (χ3v) is 2.68. The summed E-state index contributed by atoms with van der Waals surface area (Å²) in [5.41, 5.74) is 6.70. The maximum atomic E-state index is 11.1. The molecule has 0 spiro atoms. The van der Waals surface area contributed by atoms with E-state index in [1.165, 1.54) is 6.07 Å². The van der Waals surface area contributed by atoms with Crippen LogP contribution in [0.1, 0.15) is 26.3 Å². The Morgan fingerprint density at radius 1 is 1.15 bits per heavy atom. The van der Waals surface area contributed by atoms with Gasteiger partial charge in [-0.05, 0) is 18.2 Å². The minimum atomic E-state index is -0.960. The van der Waals surface area contributed by atoms with Crippen LogP contribution in [0, 0.1) is 0 Å². The van der Waals surface area contributed by atoms with Crippen molar-refractivity contribution in [1.29, 1.82) is 0 Å². The van der Waals surface area contributed by atoms with Gasteiger partial charge in [0, 0.05) is 11.6 Å². The van der Waals surface area contributed by atoms with Gasteiger partial charge in [0.25, 0.3) is 5.91 Å². The van der Waals surface area contributed by atoms with Gasteiger partial charge in [0.2, 0.25) is 0 Å². The molecule has 0 atom stereocenters. The van der Waals surface area contributed by atoms with E-state index in [-0.39, 0.29) is 10.3 Å². The first-order chi connectivity index (χ1) is 9.06. The van der Waals surface area contributed by atoms with Crippen LogP contribution in [0.3, 0.4) is 0 Å². The van der Waals surface area contributed by atoms with Crippen molar-refractivity contribution in [3.8, 4) is 0 Å². The smallest absolute Gasteiger partial charge is 0.335 e. The Labute approximate surface area is 114 Å². The van der Waals surface area contributed by atoms with Gasteiger partial charge in [-0.1, -0.05) is 12.1 Å². The lowest BCUT2D eigenvalue weighted by Crippen LogP contribution is -3.00. The van der Waals surface area contributed by atoms with Crippen molar-refractivity contribution in [2.24, 2.45) is 5.73 Å². The number of hydrogen-bond donors (Lipinski definition) is 2. The molecule has 0 aliphatic carbocycles. The fraction of sp³-hybridized carbons (Fsp3) is 0.0714. The number of aromatic nitrogens is 1. The quantitative estimate of drug-likeness (QED) is 0.623. The molecule has 2 rings (SSSR count). The molecule has 0 aliphatic heterocycles. The number of hydrogen-bond acceptors (Lipinski definition) is 2. The molecular weight excluding hydrogens is 263 g/mol. The maximum absolute atomic E-state index is 11.1. The summed E-state index contributed by atoms with van der Waals surface area (Å²) in [7, 11) is 0. The summed E-state index contributed by atoms with van der Waals surface area (Å²) in [5, 5.41) is 8.92. The lowest BCUT2D eigenvalue weighted by molar-refractivity contribution is -0.688. The lowest BCUT2D eigenvalue weighted by atomic mass is 10.1. The van der Waals surface area contributed by atoms with Crippen LogP contribution in [0.5, 0.6) is 0 Å². The number of carboxylic acid groups (broad SMARTS) is 1. The summed E-state index contributed by atoms with van der Waals surface area (Å²) in [6.07, 6.45) is 3.43. The maximum Gasteiger partial charge on any atom is 0.335 e. The third kappa shape index (κ3) is 3.61. The zero-order chi connectivity index (χ0) is 13.8. The average Bonchev–Trinajstić information content (AvgIpc) is 2.39. The summed E-state index contributed by atoms with van der Waals surface area (Å²) in [5.74, 6) is -1.45. The van der Waals surface area contributed by atoms with E-state index in [2.05, 4.69) is 0 Å². The minimum absolute atomic E-state index is 0. The summed E-state index contributed by atoms with van der Waals surface area (Å²) in [6.45, 7) is 0.474. The van der Waals surface area contributed by atoms with Gasteiger partial charge in [0.15, 0.2) is 18.9 Å². The number of carbonyl (C=O) groups excluding carboxylic acids is 1. The summed E-state index contributed by atoms with van der Waals surface area (Å²) < 4.78 is 1.78.